The van der Waals surface area contributed by atoms with Gasteiger partial charge in [-0.05, 0) is 49.4 Å². The number of anilines is 2. The fraction of sp³-hybridized carbons (Fsp3) is 0.389. The molecule has 5 nitrogen and oxygen atoms in total. The van der Waals surface area contributed by atoms with E-state index in [1.165, 1.54) is 0 Å². The number of aromatic nitrogens is 2. The number of likely N-dealkylation sites (tertiary alicyclic amines) is 1. The average Bonchev–Trinajstić information content (AvgIpc) is 2.56. The summed E-state index contributed by atoms with van der Waals surface area (Å²) in [6.45, 7) is 3.38. The van der Waals surface area contributed by atoms with Crippen LogP contribution in [0.25, 0.3) is 0 Å². The van der Waals surface area contributed by atoms with Gasteiger partial charge in [-0.3, -0.25) is 4.79 Å². The molecule has 1 unspecified atom stereocenters. The lowest BCUT2D eigenvalue weighted by molar-refractivity contribution is -0.130. The first-order valence-electron chi connectivity index (χ1n) is 8.10. The zero-order valence-electron chi connectivity index (χ0n) is 13.4. The van der Waals surface area contributed by atoms with Crippen molar-refractivity contribution in [1.82, 2.24) is 14.9 Å². The van der Waals surface area contributed by atoms with Crippen molar-refractivity contribution >= 4 is 17.5 Å². The Kier molecular flexibility index (Phi) is 4.86. The van der Waals surface area contributed by atoms with E-state index < -0.39 is 0 Å². The number of amides is 1. The highest BCUT2D eigenvalue weighted by molar-refractivity contribution is 5.73. The van der Waals surface area contributed by atoms with Gasteiger partial charge in [0.25, 0.3) is 0 Å². The molecule has 0 saturated carbocycles. The van der Waals surface area contributed by atoms with E-state index in [-0.39, 0.29) is 5.91 Å². The quantitative estimate of drug-likeness (QED) is 0.943. The van der Waals surface area contributed by atoms with Crippen LogP contribution in [0.1, 0.15) is 25.5 Å². The van der Waals surface area contributed by atoms with E-state index in [2.05, 4.69) is 21.4 Å². The van der Waals surface area contributed by atoms with E-state index in [0.29, 0.717) is 5.92 Å². The predicted octanol–water partition coefficient (Wildman–Crippen LogP) is 3.02. The van der Waals surface area contributed by atoms with Crippen LogP contribution in [0.15, 0.2) is 42.6 Å². The van der Waals surface area contributed by atoms with Crippen LogP contribution in [0.3, 0.4) is 0 Å². The highest BCUT2D eigenvalue weighted by Gasteiger charge is 2.22. The second kappa shape index (κ2) is 7.22. The normalized spacial score (nSPS) is 17.8. The lowest BCUT2D eigenvalue weighted by atomic mass is 9.93. The van der Waals surface area contributed by atoms with Crippen molar-refractivity contribution in [2.75, 3.05) is 18.4 Å². The van der Waals surface area contributed by atoms with E-state index in [9.17, 15) is 4.79 Å². The molecule has 3 heterocycles. The Bertz CT molecular complexity index is 659. The molecule has 1 atom stereocenters. The Hall–Kier alpha value is -2.43. The third-order valence-corrected chi connectivity index (χ3v) is 4.19. The zero-order valence-corrected chi connectivity index (χ0v) is 13.4. The van der Waals surface area contributed by atoms with E-state index in [1.807, 2.05) is 35.2 Å². The van der Waals surface area contributed by atoms with E-state index in [1.54, 1.807) is 13.1 Å². The van der Waals surface area contributed by atoms with Gasteiger partial charge in [0.05, 0.1) is 0 Å². The molecule has 3 rings (SSSR count). The van der Waals surface area contributed by atoms with Crippen LogP contribution in [-0.4, -0.2) is 33.9 Å². The van der Waals surface area contributed by atoms with Crippen molar-refractivity contribution < 1.29 is 4.79 Å². The van der Waals surface area contributed by atoms with Gasteiger partial charge in [-0.1, -0.05) is 12.1 Å². The SMILES string of the molecule is CC(=O)N1CCCC(Cc2cccc(Nc3ccccn3)n2)C1. The second-order valence-corrected chi connectivity index (χ2v) is 6.03. The summed E-state index contributed by atoms with van der Waals surface area (Å²) in [6, 6.07) is 11.8. The standard InChI is InChI=1S/C18H22N4O/c1-14(23)22-11-5-6-15(13-22)12-16-7-4-9-18(20-16)21-17-8-2-3-10-19-17/h2-4,7-10,15H,5-6,11-13H2,1H3,(H,19,20,21). The summed E-state index contributed by atoms with van der Waals surface area (Å²) in [5, 5.41) is 3.22. The van der Waals surface area contributed by atoms with Gasteiger partial charge in [0.1, 0.15) is 11.6 Å². The lowest BCUT2D eigenvalue weighted by Gasteiger charge is -2.32. The zero-order chi connectivity index (χ0) is 16.1. The number of nitrogens with one attached hydrogen (secondary N) is 1. The summed E-state index contributed by atoms with van der Waals surface area (Å²) < 4.78 is 0. The number of hydrogen-bond acceptors (Lipinski definition) is 4. The predicted molar refractivity (Wildman–Crippen MR) is 90.4 cm³/mol. The van der Waals surface area contributed by atoms with Crippen LogP contribution < -0.4 is 5.32 Å². The maximum atomic E-state index is 11.5. The summed E-state index contributed by atoms with van der Waals surface area (Å²) in [5.41, 5.74) is 1.06. The average molecular weight is 310 g/mol. The molecule has 1 aliphatic heterocycles. The van der Waals surface area contributed by atoms with Gasteiger partial charge in [-0.25, -0.2) is 9.97 Å². The minimum atomic E-state index is 0.174. The van der Waals surface area contributed by atoms with E-state index in [0.717, 1.165) is 49.7 Å². The molecule has 23 heavy (non-hydrogen) atoms. The third kappa shape index (κ3) is 4.28. The smallest absolute Gasteiger partial charge is 0.219 e. The minimum Gasteiger partial charge on any atom is -0.343 e. The number of carbonyl (C=O) groups is 1. The molecule has 1 N–H and O–H groups in total. The Morgan fingerprint density at radius 3 is 2.91 bits per heavy atom. The monoisotopic (exact) mass is 310 g/mol. The Labute approximate surface area is 136 Å². The third-order valence-electron chi connectivity index (χ3n) is 4.19. The molecule has 1 saturated heterocycles. The van der Waals surface area contributed by atoms with Crippen LogP contribution in [0, 0.1) is 5.92 Å². The van der Waals surface area contributed by atoms with E-state index in [4.69, 9.17) is 0 Å². The fourth-order valence-electron chi connectivity index (χ4n) is 3.04. The summed E-state index contributed by atoms with van der Waals surface area (Å²) >= 11 is 0. The Morgan fingerprint density at radius 1 is 1.26 bits per heavy atom. The maximum Gasteiger partial charge on any atom is 0.219 e. The van der Waals surface area contributed by atoms with Crippen LogP contribution in [0.2, 0.25) is 0 Å². The fourth-order valence-corrected chi connectivity index (χ4v) is 3.04. The van der Waals surface area contributed by atoms with Crippen molar-refractivity contribution in [2.24, 2.45) is 5.92 Å². The maximum absolute atomic E-state index is 11.5. The number of rotatable bonds is 4. The highest BCUT2D eigenvalue weighted by atomic mass is 16.2. The molecule has 1 fully saturated rings. The first-order valence-corrected chi connectivity index (χ1v) is 8.10. The first kappa shape index (κ1) is 15.5. The molecular formula is C18H22N4O. The van der Waals surface area contributed by atoms with Gasteiger partial charge in [0.2, 0.25) is 5.91 Å². The van der Waals surface area contributed by atoms with Crippen LogP contribution in [0.5, 0.6) is 0 Å². The summed E-state index contributed by atoms with van der Waals surface area (Å²) in [5.74, 6) is 2.26. The summed E-state index contributed by atoms with van der Waals surface area (Å²) in [4.78, 5) is 22.4. The molecule has 120 valence electrons. The molecule has 5 heteroatoms. The van der Waals surface area contributed by atoms with Gasteiger partial charge >= 0.3 is 0 Å². The Balaban J connectivity index is 1.64. The van der Waals surface area contributed by atoms with Gasteiger partial charge in [0, 0.05) is 31.9 Å². The number of nitrogens with zero attached hydrogens (tertiary/aromatic N) is 3. The van der Waals surface area contributed by atoms with Crippen LogP contribution in [-0.2, 0) is 11.2 Å². The van der Waals surface area contributed by atoms with Crippen molar-refractivity contribution in [3.8, 4) is 0 Å². The van der Waals surface area contributed by atoms with Crippen molar-refractivity contribution in [2.45, 2.75) is 26.2 Å². The minimum absolute atomic E-state index is 0.174. The molecule has 0 aromatic carbocycles. The molecule has 0 radical (unpaired) electrons. The topological polar surface area (TPSA) is 58.1 Å². The van der Waals surface area contributed by atoms with Crippen LogP contribution >= 0.6 is 0 Å². The highest BCUT2D eigenvalue weighted by Crippen LogP contribution is 2.21. The van der Waals surface area contributed by atoms with Gasteiger partial charge in [-0.2, -0.15) is 0 Å². The molecule has 1 amide bonds. The van der Waals surface area contributed by atoms with Crippen molar-refractivity contribution in [3.63, 3.8) is 0 Å². The second-order valence-electron chi connectivity index (χ2n) is 6.03. The summed E-state index contributed by atoms with van der Waals surface area (Å²) in [7, 11) is 0. The summed E-state index contributed by atoms with van der Waals surface area (Å²) in [6.07, 6.45) is 4.89. The number of carbonyl (C=O) groups excluding carboxylic acids is 1. The molecule has 2 aromatic heterocycles. The van der Waals surface area contributed by atoms with E-state index >= 15 is 0 Å². The van der Waals surface area contributed by atoms with Crippen LogP contribution in [0.4, 0.5) is 11.6 Å². The molecule has 0 spiro atoms. The van der Waals surface area contributed by atoms with Gasteiger partial charge < -0.3 is 10.2 Å². The van der Waals surface area contributed by atoms with Crippen molar-refractivity contribution in [3.05, 3.63) is 48.3 Å². The van der Waals surface area contributed by atoms with Gasteiger partial charge in [-0.15, -0.1) is 0 Å². The van der Waals surface area contributed by atoms with Crippen molar-refractivity contribution in [1.29, 1.82) is 0 Å². The molecule has 0 bridgehead atoms. The Morgan fingerprint density at radius 2 is 2.13 bits per heavy atom. The lowest BCUT2D eigenvalue weighted by Crippen LogP contribution is -2.39. The molecule has 2 aromatic rings. The van der Waals surface area contributed by atoms with Gasteiger partial charge in [0.15, 0.2) is 0 Å². The number of hydrogen-bond donors (Lipinski definition) is 1. The molecule has 0 aliphatic carbocycles. The number of piperidine rings is 1. The molecule has 1 aliphatic rings. The largest absolute Gasteiger partial charge is 0.343 e. The number of pyridine rings is 2. The molecular weight excluding hydrogens is 288 g/mol. The first-order chi connectivity index (χ1) is 11.2.